The Bertz CT molecular complexity index is 409. The molecule has 2 atom stereocenters. The first kappa shape index (κ1) is 8.04. The molecule has 14 heavy (non-hydrogen) atoms. The summed E-state index contributed by atoms with van der Waals surface area (Å²) in [5, 5.41) is 0. The van der Waals surface area contributed by atoms with Crippen LogP contribution in [0.4, 0.5) is 0 Å². The van der Waals surface area contributed by atoms with Gasteiger partial charge in [-0.25, -0.2) is 0 Å². The zero-order valence-electron chi connectivity index (χ0n) is 8.12. The monoisotopic (exact) mass is 188 g/mol. The van der Waals surface area contributed by atoms with Crippen LogP contribution in [0.2, 0.25) is 0 Å². The molecule has 1 aliphatic carbocycles. The van der Waals surface area contributed by atoms with Crippen molar-refractivity contribution in [1.82, 2.24) is 0 Å². The summed E-state index contributed by atoms with van der Waals surface area (Å²) in [5.41, 5.74) is 3.88. The lowest BCUT2D eigenvalue weighted by atomic mass is 10.0. The number of carbonyl (C=O) groups excluding carboxylic acids is 1. The number of benzene rings is 1. The minimum absolute atomic E-state index is 0.0359. The van der Waals surface area contributed by atoms with Crippen molar-refractivity contribution < 1.29 is 9.53 Å². The maximum absolute atomic E-state index is 11.1. The van der Waals surface area contributed by atoms with Crippen molar-refractivity contribution >= 4 is 5.97 Å². The van der Waals surface area contributed by atoms with Crippen molar-refractivity contribution in [2.45, 2.75) is 25.9 Å². The van der Waals surface area contributed by atoms with Gasteiger partial charge in [-0.3, -0.25) is 4.79 Å². The molecule has 1 aromatic rings. The van der Waals surface area contributed by atoms with E-state index in [9.17, 15) is 4.79 Å². The van der Waals surface area contributed by atoms with Gasteiger partial charge in [0.1, 0.15) is 6.10 Å². The first-order valence-corrected chi connectivity index (χ1v) is 5.03. The van der Waals surface area contributed by atoms with E-state index in [1.807, 2.05) is 0 Å². The molecule has 2 unspecified atom stereocenters. The minimum atomic E-state index is -0.0359. The topological polar surface area (TPSA) is 26.3 Å². The van der Waals surface area contributed by atoms with Crippen LogP contribution in [0.1, 0.15) is 29.2 Å². The summed E-state index contributed by atoms with van der Waals surface area (Å²) >= 11 is 0. The van der Waals surface area contributed by atoms with Gasteiger partial charge < -0.3 is 4.74 Å². The van der Waals surface area contributed by atoms with Gasteiger partial charge in [0, 0.05) is 5.92 Å². The molecule has 0 radical (unpaired) electrons. The molecule has 72 valence electrons. The van der Waals surface area contributed by atoms with E-state index < -0.39 is 0 Å². The van der Waals surface area contributed by atoms with E-state index in [-0.39, 0.29) is 12.1 Å². The van der Waals surface area contributed by atoms with Crippen molar-refractivity contribution in [3.8, 4) is 0 Å². The summed E-state index contributed by atoms with van der Waals surface area (Å²) in [6.07, 6.45) is 1.66. The highest BCUT2D eigenvalue weighted by Gasteiger charge is 2.41. The number of ether oxygens (including phenoxy) is 1. The molecular weight excluding hydrogens is 176 g/mol. The average molecular weight is 188 g/mol. The summed E-state index contributed by atoms with van der Waals surface area (Å²) in [6.45, 7) is 2.10. The van der Waals surface area contributed by atoms with Crippen LogP contribution < -0.4 is 0 Å². The first-order valence-electron chi connectivity index (χ1n) is 5.03. The van der Waals surface area contributed by atoms with Crippen LogP contribution in [-0.2, 0) is 16.0 Å². The van der Waals surface area contributed by atoms with E-state index >= 15 is 0 Å². The molecule has 0 N–H and O–H groups in total. The third-order valence-corrected chi connectivity index (χ3v) is 3.20. The fraction of sp³-hybridized carbons (Fsp3) is 0.417. The predicted octanol–water partition coefficient (Wildman–Crippen LogP) is 2.16. The number of rotatable bonds is 0. The summed E-state index contributed by atoms with van der Waals surface area (Å²) in [7, 11) is 0. The van der Waals surface area contributed by atoms with Crippen LogP contribution in [0.15, 0.2) is 18.2 Å². The largest absolute Gasteiger partial charge is 0.457 e. The summed E-state index contributed by atoms with van der Waals surface area (Å²) in [4.78, 5) is 11.1. The first-order chi connectivity index (χ1) is 6.74. The van der Waals surface area contributed by atoms with Crippen LogP contribution >= 0.6 is 0 Å². The zero-order valence-corrected chi connectivity index (χ0v) is 8.12. The Morgan fingerprint density at radius 1 is 1.36 bits per heavy atom. The number of fused-ring (bicyclic) bond motifs is 3. The van der Waals surface area contributed by atoms with Crippen LogP contribution in [0.5, 0.6) is 0 Å². The average Bonchev–Trinajstić information content (AvgIpc) is 2.59. The Labute approximate surface area is 82.9 Å². The molecule has 1 saturated heterocycles. The van der Waals surface area contributed by atoms with Crippen molar-refractivity contribution in [3.63, 3.8) is 0 Å². The Hall–Kier alpha value is -1.31. The second-order valence-corrected chi connectivity index (χ2v) is 4.28. The van der Waals surface area contributed by atoms with Gasteiger partial charge in [-0.2, -0.15) is 0 Å². The van der Waals surface area contributed by atoms with E-state index in [2.05, 4.69) is 25.1 Å². The fourth-order valence-corrected chi connectivity index (χ4v) is 2.58. The molecule has 0 spiro atoms. The fourth-order valence-electron chi connectivity index (χ4n) is 2.58. The van der Waals surface area contributed by atoms with Crippen LogP contribution in [-0.4, -0.2) is 5.97 Å². The molecule has 2 nitrogen and oxygen atoms in total. The number of carbonyl (C=O) groups is 1. The highest BCUT2D eigenvalue weighted by Crippen LogP contribution is 2.45. The van der Waals surface area contributed by atoms with Gasteiger partial charge in [0.15, 0.2) is 0 Å². The van der Waals surface area contributed by atoms with E-state index in [4.69, 9.17) is 4.74 Å². The number of esters is 1. The van der Waals surface area contributed by atoms with Gasteiger partial charge in [-0.15, -0.1) is 0 Å². The second kappa shape index (κ2) is 2.59. The smallest absolute Gasteiger partial charge is 0.306 e. The third-order valence-electron chi connectivity index (χ3n) is 3.20. The zero-order chi connectivity index (χ0) is 9.71. The molecule has 2 aliphatic rings. The van der Waals surface area contributed by atoms with Gasteiger partial charge in [-0.05, 0) is 24.5 Å². The Morgan fingerprint density at radius 3 is 3.07 bits per heavy atom. The lowest BCUT2D eigenvalue weighted by Crippen LogP contribution is -1.99. The van der Waals surface area contributed by atoms with Crippen LogP contribution in [0, 0.1) is 12.8 Å². The molecule has 0 bridgehead atoms. The Balaban J connectivity index is 2.05. The molecule has 1 fully saturated rings. The predicted molar refractivity (Wildman–Crippen MR) is 51.8 cm³/mol. The molecule has 1 heterocycles. The van der Waals surface area contributed by atoms with Gasteiger partial charge in [0.25, 0.3) is 0 Å². The Kier molecular flexibility index (Phi) is 1.49. The van der Waals surface area contributed by atoms with E-state index in [0.29, 0.717) is 12.3 Å². The maximum Gasteiger partial charge on any atom is 0.306 e. The summed E-state index contributed by atoms with van der Waals surface area (Å²) in [6, 6.07) is 6.41. The lowest BCUT2D eigenvalue weighted by Gasteiger charge is -2.08. The number of hydrogen-bond donors (Lipinski definition) is 0. The molecule has 1 aliphatic heterocycles. The normalized spacial score (nSPS) is 28.5. The maximum atomic E-state index is 11.1. The van der Waals surface area contributed by atoms with E-state index in [1.54, 1.807) is 0 Å². The third kappa shape index (κ3) is 0.999. The van der Waals surface area contributed by atoms with Gasteiger partial charge in [-0.1, -0.05) is 23.8 Å². The second-order valence-electron chi connectivity index (χ2n) is 4.28. The van der Waals surface area contributed by atoms with Crippen molar-refractivity contribution in [1.29, 1.82) is 0 Å². The lowest BCUT2D eigenvalue weighted by molar-refractivity contribution is -0.141. The van der Waals surface area contributed by atoms with Crippen LogP contribution in [0.25, 0.3) is 0 Å². The summed E-state index contributed by atoms with van der Waals surface area (Å²) in [5.74, 6) is 0.366. The van der Waals surface area contributed by atoms with Crippen molar-refractivity contribution in [3.05, 3.63) is 34.9 Å². The van der Waals surface area contributed by atoms with Gasteiger partial charge >= 0.3 is 5.97 Å². The van der Waals surface area contributed by atoms with Gasteiger partial charge in [0.2, 0.25) is 0 Å². The van der Waals surface area contributed by atoms with Crippen molar-refractivity contribution in [2.24, 2.45) is 5.92 Å². The molecule has 0 saturated carbocycles. The molecule has 0 amide bonds. The van der Waals surface area contributed by atoms with Crippen LogP contribution in [0.3, 0.4) is 0 Å². The van der Waals surface area contributed by atoms with E-state index in [0.717, 1.165) is 6.42 Å². The summed E-state index contributed by atoms with van der Waals surface area (Å²) < 4.78 is 5.31. The Morgan fingerprint density at radius 2 is 2.21 bits per heavy atom. The molecule has 3 rings (SSSR count). The molecule has 1 aromatic carbocycles. The standard InChI is InChI=1S/C12H12O2/c1-7-2-3-10-8(4-7)5-9-6-11(13)14-12(9)10/h2-4,9,12H,5-6H2,1H3. The quantitative estimate of drug-likeness (QED) is 0.583. The molecular formula is C12H12O2. The highest BCUT2D eigenvalue weighted by atomic mass is 16.6. The minimum Gasteiger partial charge on any atom is -0.457 e. The van der Waals surface area contributed by atoms with E-state index in [1.165, 1.54) is 16.7 Å². The van der Waals surface area contributed by atoms with Crippen molar-refractivity contribution in [2.75, 3.05) is 0 Å². The number of hydrogen-bond acceptors (Lipinski definition) is 2. The highest BCUT2D eigenvalue weighted by molar-refractivity contribution is 5.73. The SMILES string of the molecule is Cc1ccc2c(c1)CC1CC(=O)OC21. The number of aryl methyl sites for hydroxylation is 1. The molecule has 2 heteroatoms. The molecule has 0 aromatic heterocycles. The van der Waals surface area contributed by atoms with Gasteiger partial charge in [0.05, 0.1) is 6.42 Å².